The average Bonchev–Trinajstić information content (AvgIpc) is 2.94. The maximum absolute atomic E-state index is 11.9. The number of aryl methyl sites for hydroxylation is 1. The molecule has 0 radical (unpaired) electrons. The van der Waals surface area contributed by atoms with Crippen LogP contribution in [0.1, 0.15) is 22.6 Å². The largest absolute Gasteiger partial charge is 0.480 e. The van der Waals surface area contributed by atoms with Crippen LogP contribution in [0.5, 0.6) is 0 Å². The molecule has 0 bridgehead atoms. The van der Waals surface area contributed by atoms with Crippen molar-refractivity contribution in [1.82, 2.24) is 4.90 Å². The van der Waals surface area contributed by atoms with Crippen molar-refractivity contribution in [1.29, 1.82) is 0 Å². The van der Waals surface area contributed by atoms with E-state index in [-0.39, 0.29) is 5.91 Å². The zero-order valence-electron chi connectivity index (χ0n) is 10.1. The first-order valence-electron chi connectivity index (χ1n) is 5.86. The molecule has 5 heteroatoms. The lowest BCUT2D eigenvalue weighted by Gasteiger charge is -2.19. The van der Waals surface area contributed by atoms with Gasteiger partial charge in [0.15, 0.2) is 0 Å². The number of carboxylic acid groups (broad SMARTS) is 1. The molecule has 0 spiro atoms. The van der Waals surface area contributed by atoms with E-state index in [0.29, 0.717) is 13.0 Å². The van der Waals surface area contributed by atoms with E-state index in [1.807, 2.05) is 19.1 Å². The highest BCUT2D eigenvalue weighted by atomic mass is 32.1. The molecule has 0 aliphatic carbocycles. The van der Waals surface area contributed by atoms with Crippen LogP contribution < -0.4 is 0 Å². The van der Waals surface area contributed by atoms with Gasteiger partial charge in [0.05, 0.1) is 0 Å². The summed E-state index contributed by atoms with van der Waals surface area (Å²) in [5.74, 6) is -1.13. The van der Waals surface area contributed by atoms with E-state index in [1.165, 1.54) is 15.9 Å². The number of nitrogens with zero attached hydrogens (tertiary/aromatic N) is 1. The molecule has 18 heavy (non-hydrogen) atoms. The van der Waals surface area contributed by atoms with Crippen molar-refractivity contribution in [2.75, 3.05) is 6.54 Å². The number of carbonyl (C=O) groups excluding carboxylic acids is 1. The second-order valence-corrected chi connectivity index (χ2v) is 5.63. The van der Waals surface area contributed by atoms with Gasteiger partial charge < -0.3 is 10.0 Å². The Bertz CT molecular complexity index is 492. The Morgan fingerprint density at radius 2 is 2.28 bits per heavy atom. The molecule has 2 rings (SSSR count). The van der Waals surface area contributed by atoms with Gasteiger partial charge in [-0.25, -0.2) is 4.79 Å². The van der Waals surface area contributed by atoms with Gasteiger partial charge in [-0.2, -0.15) is 0 Å². The Hall–Kier alpha value is -1.62. The lowest BCUT2D eigenvalue weighted by molar-refractivity contribution is -0.146. The van der Waals surface area contributed by atoms with E-state index in [0.717, 1.165) is 11.3 Å². The van der Waals surface area contributed by atoms with Crippen LogP contribution >= 0.6 is 11.3 Å². The van der Waals surface area contributed by atoms with Crippen molar-refractivity contribution in [3.05, 3.63) is 28.0 Å². The Morgan fingerprint density at radius 3 is 2.89 bits per heavy atom. The van der Waals surface area contributed by atoms with E-state index >= 15 is 0 Å². The SMILES string of the molecule is Cc1ccc(/C=C/C(=O)N2CCC[C@H]2C(=O)O)s1. The zero-order chi connectivity index (χ0) is 13.1. The molecule has 1 atom stereocenters. The van der Waals surface area contributed by atoms with Crippen LogP contribution in [0.3, 0.4) is 0 Å². The van der Waals surface area contributed by atoms with E-state index in [4.69, 9.17) is 5.11 Å². The van der Waals surface area contributed by atoms with Gasteiger partial charge in [-0.15, -0.1) is 11.3 Å². The van der Waals surface area contributed by atoms with Crippen molar-refractivity contribution < 1.29 is 14.7 Å². The van der Waals surface area contributed by atoms with Crippen molar-refractivity contribution in [2.24, 2.45) is 0 Å². The fraction of sp³-hybridized carbons (Fsp3) is 0.385. The summed E-state index contributed by atoms with van der Waals surface area (Å²) in [6, 6.07) is 3.28. The quantitative estimate of drug-likeness (QED) is 0.852. The summed E-state index contributed by atoms with van der Waals surface area (Å²) in [5.41, 5.74) is 0. The maximum atomic E-state index is 11.9. The lowest BCUT2D eigenvalue weighted by Crippen LogP contribution is -2.39. The fourth-order valence-corrected chi connectivity index (χ4v) is 2.86. The minimum Gasteiger partial charge on any atom is -0.480 e. The zero-order valence-corrected chi connectivity index (χ0v) is 10.9. The summed E-state index contributed by atoms with van der Waals surface area (Å²) in [6.07, 6.45) is 4.52. The third kappa shape index (κ3) is 2.79. The number of hydrogen-bond acceptors (Lipinski definition) is 3. The highest BCUT2D eigenvalue weighted by Crippen LogP contribution is 2.19. The minimum absolute atomic E-state index is 0.217. The molecule has 0 unspecified atom stereocenters. The van der Waals surface area contributed by atoms with Gasteiger partial charge in [-0.1, -0.05) is 0 Å². The third-order valence-corrected chi connectivity index (χ3v) is 3.94. The predicted molar refractivity (Wildman–Crippen MR) is 70.5 cm³/mol. The Labute approximate surface area is 110 Å². The number of likely N-dealkylation sites (tertiary alicyclic amines) is 1. The Kier molecular flexibility index (Phi) is 3.81. The van der Waals surface area contributed by atoms with Crippen LogP contribution in [0.25, 0.3) is 6.08 Å². The lowest BCUT2D eigenvalue weighted by atomic mass is 10.2. The van der Waals surface area contributed by atoms with Crippen LogP contribution in [0, 0.1) is 6.92 Å². The van der Waals surface area contributed by atoms with Gasteiger partial charge in [0, 0.05) is 22.4 Å². The van der Waals surface area contributed by atoms with Crippen LogP contribution in [0.4, 0.5) is 0 Å². The number of thiophene rings is 1. The summed E-state index contributed by atoms with van der Waals surface area (Å²) < 4.78 is 0. The highest BCUT2D eigenvalue weighted by molar-refractivity contribution is 7.12. The molecule has 1 aliphatic rings. The number of amides is 1. The van der Waals surface area contributed by atoms with Crippen LogP contribution in [0.15, 0.2) is 18.2 Å². The van der Waals surface area contributed by atoms with Gasteiger partial charge in [-0.05, 0) is 38.0 Å². The van der Waals surface area contributed by atoms with Crippen LogP contribution in [-0.2, 0) is 9.59 Å². The van der Waals surface area contributed by atoms with Gasteiger partial charge in [0.1, 0.15) is 6.04 Å². The van der Waals surface area contributed by atoms with E-state index < -0.39 is 12.0 Å². The molecule has 4 nitrogen and oxygen atoms in total. The summed E-state index contributed by atoms with van der Waals surface area (Å²) in [6.45, 7) is 2.54. The summed E-state index contributed by atoms with van der Waals surface area (Å²) in [5, 5.41) is 9.01. The first-order chi connectivity index (χ1) is 8.58. The molecule has 1 fully saturated rings. The third-order valence-electron chi connectivity index (χ3n) is 2.97. The molecule has 0 aromatic carbocycles. The van der Waals surface area contributed by atoms with E-state index in [9.17, 15) is 9.59 Å². The van der Waals surface area contributed by atoms with Crippen molar-refractivity contribution in [3.8, 4) is 0 Å². The normalized spacial score (nSPS) is 19.6. The summed E-state index contributed by atoms with van der Waals surface area (Å²) in [4.78, 5) is 26.5. The smallest absolute Gasteiger partial charge is 0.326 e. The molecule has 2 heterocycles. The number of hydrogen-bond donors (Lipinski definition) is 1. The molecule has 0 saturated carbocycles. The first kappa shape index (κ1) is 12.8. The summed E-state index contributed by atoms with van der Waals surface area (Å²) in [7, 11) is 0. The van der Waals surface area contributed by atoms with Crippen molar-refractivity contribution in [2.45, 2.75) is 25.8 Å². The summed E-state index contributed by atoms with van der Waals surface area (Å²) >= 11 is 1.61. The molecule has 1 amide bonds. The fourth-order valence-electron chi connectivity index (χ4n) is 2.08. The molecule has 1 aromatic heterocycles. The van der Waals surface area contributed by atoms with Crippen LogP contribution in [0.2, 0.25) is 0 Å². The topological polar surface area (TPSA) is 57.6 Å². The second kappa shape index (κ2) is 5.35. The van der Waals surface area contributed by atoms with E-state index in [1.54, 1.807) is 17.4 Å². The van der Waals surface area contributed by atoms with Crippen molar-refractivity contribution in [3.63, 3.8) is 0 Å². The molecule has 96 valence electrons. The van der Waals surface area contributed by atoms with Gasteiger partial charge in [0.2, 0.25) is 5.91 Å². The number of aliphatic carboxylic acids is 1. The monoisotopic (exact) mass is 265 g/mol. The molecular weight excluding hydrogens is 250 g/mol. The number of carbonyl (C=O) groups is 2. The van der Waals surface area contributed by atoms with Gasteiger partial charge in [0.25, 0.3) is 0 Å². The second-order valence-electron chi connectivity index (χ2n) is 4.31. The highest BCUT2D eigenvalue weighted by Gasteiger charge is 2.32. The Balaban J connectivity index is 2.03. The Morgan fingerprint density at radius 1 is 1.50 bits per heavy atom. The van der Waals surface area contributed by atoms with Crippen LogP contribution in [-0.4, -0.2) is 34.5 Å². The number of carboxylic acids is 1. The predicted octanol–water partition coefficient (Wildman–Crippen LogP) is 2.15. The molecular formula is C13H15NO3S. The van der Waals surface area contributed by atoms with Crippen molar-refractivity contribution >= 4 is 29.3 Å². The molecule has 1 saturated heterocycles. The number of rotatable bonds is 3. The molecule has 1 N–H and O–H groups in total. The van der Waals surface area contributed by atoms with Gasteiger partial charge in [-0.3, -0.25) is 4.79 Å². The molecule has 1 aliphatic heterocycles. The average molecular weight is 265 g/mol. The van der Waals surface area contributed by atoms with E-state index in [2.05, 4.69) is 0 Å². The first-order valence-corrected chi connectivity index (χ1v) is 6.67. The molecule has 1 aromatic rings. The minimum atomic E-state index is -0.916. The maximum Gasteiger partial charge on any atom is 0.326 e. The van der Waals surface area contributed by atoms with Gasteiger partial charge >= 0.3 is 5.97 Å². The standard InChI is InChI=1S/C13H15NO3S/c1-9-4-5-10(18-9)6-7-12(15)14-8-2-3-11(14)13(16)17/h4-7,11H,2-3,8H2,1H3,(H,16,17)/b7-6+/t11-/m0/s1.